The van der Waals surface area contributed by atoms with E-state index in [4.69, 9.17) is 0 Å². The molecule has 94 valence electrons. The van der Waals surface area contributed by atoms with E-state index < -0.39 is 0 Å². The van der Waals surface area contributed by atoms with Crippen LogP contribution in [-0.4, -0.2) is 6.54 Å². The van der Waals surface area contributed by atoms with Gasteiger partial charge < -0.3 is 5.32 Å². The maximum absolute atomic E-state index is 3.98. The van der Waals surface area contributed by atoms with Gasteiger partial charge in [-0.2, -0.15) is 0 Å². The first-order valence-electron chi connectivity index (χ1n) is 6.26. The fourth-order valence-corrected chi connectivity index (χ4v) is 2.24. The summed E-state index contributed by atoms with van der Waals surface area (Å²) in [5, 5.41) is 3.61. The molecular weight excluding hydrogens is 274 g/mol. The molecule has 0 aliphatic carbocycles. The van der Waals surface area contributed by atoms with Gasteiger partial charge in [-0.25, -0.2) is 0 Å². The van der Waals surface area contributed by atoms with Crippen LogP contribution in [0.4, 0.5) is 0 Å². The first-order chi connectivity index (χ1) is 8.13. The Hall–Kier alpha value is -0.600. The van der Waals surface area contributed by atoms with Crippen LogP contribution in [0.15, 0.2) is 40.9 Å². The molecule has 1 atom stereocenters. The molecule has 0 fully saturated rings. The van der Waals surface area contributed by atoms with Gasteiger partial charge in [0.1, 0.15) is 0 Å². The summed E-state index contributed by atoms with van der Waals surface area (Å²) in [7, 11) is 0. The molecule has 1 rings (SSSR count). The lowest BCUT2D eigenvalue weighted by Gasteiger charge is -2.19. The van der Waals surface area contributed by atoms with Gasteiger partial charge in [0.05, 0.1) is 0 Å². The monoisotopic (exact) mass is 295 g/mol. The lowest BCUT2D eigenvalue weighted by atomic mass is 10.00. The number of rotatable bonds is 7. The van der Waals surface area contributed by atoms with Gasteiger partial charge in [-0.1, -0.05) is 40.6 Å². The summed E-state index contributed by atoms with van der Waals surface area (Å²) in [6, 6.07) is 8.99. The Labute approximate surface area is 113 Å². The maximum Gasteiger partial charge on any atom is 0.0323 e. The number of nitrogens with one attached hydrogen (secondary N) is 1. The Balaban J connectivity index is 2.70. The van der Waals surface area contributed by atoms with Crippen LogP contribution in [0.1, 0.15) is 44.7 Å². The summed E-state index contributed by atoms with van der Waals surface area (Å²) in [5.74, 6) is 0. The number of allylic oxidation sites excluding steroid dienone is 1. The van der Waals surface area contributed by atoms with Crippen LogP contribution in [0.2, 0.25) is 0 Å². The Morgan fingerprint density at radius 2 is 2.24 bits per heavy atom. The lowest BCUT2D eigenvalue weighted by Crippen LogP contribution is -2.22. The van der Waals surface area contributed by atoms with E-state index in [1.54, 1.807) is 0 Å². The minimum Gasteiger partial charge on any atom is -0.310 e. The molecule has 1 N–H and O–H groups in total. The minimum atomic E-state index is 0.434. The predicted octanol–water partition coefficient (Wildman–Crippen LogP) is 4.85. The molecule has 0 saturated heterocycles. The van der Waals surface area contributed by atoms with Crippen molar-refractivity contribution in [1.29, 1.82) is 0 Å². The Morgan fingerprint density at radius 3 is 2.82 bits per heavy atom. The lowest BCUT2D eigenvalue weighted by molar-refractivity contribution is 0.498. The predicted molar refractivity (Wildman–Crippen MR) is 79.2 cm³/mol. The smallest absolute Gasteiger partial charge is 0.0323 e. The van der Waals surface area contributed by atoms with Crippen molar-refractivity contribution < 1.29 is 0 Å². The molecule has 0 aliphatic heterocycles. The van der Waals surface area contributed by atoms with Gasteiger partial charge in [0.2, 0.25) is 0 Å². The zero-order chi connectivity index (χ0) is 12.7. The second-order valence-electron chi connectivity index (χ2n) is 4.56. The average Bonchev–Trinajstić information content (AvgIpc) is 2.29. The van der Waals surface area contributed by atoms with Crippen LogP contribution in [0, 0.1) is 0 Å². The summed E-state index contributed by atoms with van der Waals surface area (Å²) >= 11 is 3.53. The molecule has 1 aromatic carbocycles. The van der Waals surface area contributed by atoms with Crippen molar-refractivity contribution >= 4 is 15.9 Å². The van der Waals surface area contributed by atoms with Gasteiger partial charge in [-0.3, -0.25) is 0 Å². The molecule has 0 aromatic heterocycles. The third-order valence-corrected chi connectivity index (χ3v) is 3.24. The highest BCUT2D eigenvalue weighted by atomic mass is 79.9. The molecule has 0 bridgehead atoms. The summed E-state index contributed by atoms with van der Waals surface area (Å²) in [4.78, 5) is 0. The zero-order valence-electron chi connectivity index (χ0n) is 10.8. The second-order valence-corrected chi connectivity index (χ2v) is 5.47. The van der Waals surface area contributed by atoms with Gasteiger partial charge in [0.25, 0.3) is 0 Å². The highest BCUT2D eigenvalue weighted by Crippen LogP contribution is 2.23. The van der Waals surface area contributed by atoms with Crippen LogP contribution in [-0.2, 0) is 0 Å². The summed E-state index contributed by atoms with van der Waals surface area (Å²) in [6.45, 7) is 9.34. The van der Waals surface area contributed by atoms with Crippen molar-refractivity contribution in [2.75, 3.05) is 6.54 Å². The van der Waals surface area contributed by atoms with E-state index in [1.807, 2.05) is 0 Å². The first-order valence-corrected chi connectivity index (χ1v) is 7.06. The molecule has 0 heterocycles. The maximum atomic E-state index is 3.98. The molecule has 1 aromatic rings. The van der Waals surface area contributed by atoms with Crippen molar-refractivity contribution in [3.63, 3.8) is 0 Å². The van der Waals surface area contributed by atoms with Crippen LogP contribution < -0.4 is 5.32 Å². The van der Waals surface area contributed by atoms with E-state index in [0.29, 0.717) is 6.04 Å². The van der Waals surface area contributed by atoms with Crippen LogP contribution in [0.5, 0.6) is 0 Å². The molecule has 0 radical (unpaired) electrons. The molecule has 1 unspecified atom stereocenters. The normalized spacial score (nSPS) is 12.4. The fourth-order valence-electron chi connectivity index (χ4n) is 1.82. The number of halogens is 1. The third-order valence-electron chi connectivity index (χ3n) is 2.75. The van der Waals surface area contributed by atoms with E-state index in [0.717, 1.165) is 30.3 Å². The summed E-state index contributed by atoms with van der Waals surface area (Å²) in [6.07, 6.45) is 3.36. The average molecular weight is 296 g/mol. The van der Waals surface area contributed by atoms with E-state index in [9.17, 15) is 0 Å². The van der Waals surface area contributed by atoms with Gasteiger partial charge in [-0.15, -0.1) is 6.58 Å². The van der Waals surface area contributed by atoms with Crippen LogP contribution in [0.25, 0.3) is 0 Å². The molecule has 2 heteroatoms. The third kappa shape index (κ3) is 5.51. The molecule has 0 spiro atoms. The largest absolute Gasteiger partial charge is 0.310 e. The number of hydrogen-bond donors (Lipinski definition) is 1. The summed E-state index contributed by atoms with van der Waals surface area (Å²) < 4.78 is 1.15. The molecule has 1 nitrogen and oxygen atoms in total. The van der Waals surface area contributed by atoms with Crippen LogP contribution >= 0.6 is 15.9 Å². The van der Waals surface area contributed by atoms with Crippen molar-refractivity contribution in [2.45, 2.75) is 39.2 Å². The highest BCUT2D eigenvalue weighted by molar-refractivity contribution is 9.10. The number of hydrogen-bond acceptors (Lipinski definition) is 1. The van der Waals surface area contributed by atoms with Gasteiger partial charge >= 0.3 is 0 Å². The van der Waals surface area contributed by atoms with Gasteiger partial charge in [0.15, 0.2) is 0 Å². The van der Waals surface area contributed by atoms with Crippen LogP contribution in [0.3, 0.4) is 0 Å². The molecular formula is C15H22BrN. The minimum absolute atomic E-state index is 0.434. The van der Waals surface area contributed by atoms with E-state index in [1.165, 1.54) is 11.1 Å². The molecule has 17 heavy (non-hydrogen) atoms. The van der Waals surface area contributed by atoms with Crippen molar-refractivity contribution in [3.8, 4) is 0 Å². The van der Waals surface area contributed by atoms with E-state index in [-0.39, 0.29) is 0 Å². The highest BCUT2D eigenvalue weighted by Gasteiger charge is 2.10. The Kier molecular flexibility index (Phi) is 6.53. The number of benzene rings is 1. The van der Waals surface area contributed by atoms with Gasteiger partial charge in [-0.05, 0) is 50.4 Å². The van der Waals surface area contributed by atoms with E-state index in [2.05, 4.69) is 65.9 Å². The van der Waals surface area contributed by atoms with Crippen molar-refractivity contribution in [2.24, 2.45) is 0 Å². The Morgan fingerprint density at radius 1 is 1.47 bits per heavy atom. The molecule has 0 amide bonds. The van der Waals surface area contributed by atoms with Crippen molar-refractivity contribution in [3.05, 3.63) is 46.5 Å². The standard InChI is InChI=1S/C15H22BrN/c1-4-10-17-15(9-8-12(2)3)13-6-5-7-14(16)11-13/h5-7,11,15,17H,2,4,8-10H2,1,3H3. The Bertz CT molecular complexity index is 360. The zero-order valence-corrected chi connectivity index (χ0v) is 12.4. The van der Waals surface area contributed by atoms with Crippen molar-refractivity contribution in [1.82, 2.24) is 5.32 Å². The first kappa shape index (κ1) is 14.5. The quantitative estimate of drug-likeness (QED) is 0.709. The second kappa shape index (κ2) is 7.67. The topological polar surface area (TPSA) is 12.0 Å². The molecule has 0 saturated carbocycles. The SMILES string of the molecule is C=C(C)CCC(NCCC)c1cccc(Br)c1. The summed E-state index contributed by atoms with van der Waals surface area (Å²) in [5.41, 5.74) is 2.61. The van der Waals surface area contributed by atoms with E-state index >= 15 is 0 Å². The molecule has 0 aliphatic rings. The van der Waals surface area contributed by atoms with Gasteiger partial charge in [0, 0.05) is 10.5 Å². The fraction of sp³-hybridized carbons (Fsp3) is 0.467.